The van der Waals surface area contributed by atoms with Crippen molar-refractivity contribution in [2.45, 2.75) is 19.5 Å². The van der Waals surface area contributed by atoms with Crippen molar-refractivity contribution in [2.75, 3.05) is 0 Å². The van der Waals surface area contributed by atoms with E-state index in [1.54, 1.807) is 28.1 Å². The van der Waals surface area contributed by atoms with Crippen molar-refractivity contribution in [3.63, 3.8) is 0 Å². The second-order valence-corrected chi connectivity index (χ2v) is 7.95. The van der Waals surface area contributed by atoms with E-state index in [1.807, 2.05) is 30.3 Å². The number of fused-ring (bicyclic) bond motifs is 3. The molecule has 0 saturated heterocycles. The number of hydrogen-bond donors (Lipinski definition) is 0. The van der Waals surface area contributed by atoms with Crippen LogP contribution in [0, 0.1) is 5.82 Å². The minimum atomic E-state index is -0.337. The van der Waals surface area contributed by atoms with Crippen LogP contribution < -0.4 is 11.2 Å². The predicted molar refractivity (Wildman–Crippen MR) is 115 cm³/mol. The number of hydrogen-bond acceptors (Lipinski definition) is 4. The maximum absolute atomic E-state index is 13.2. The summed E-state index contributed by atoms with van der Waals surface area (Å²) in [5.41, 5.74) is 1.93. The Morgan fingerprint density at radius 3 is 2.47 bits per heavy atom. The number of aryl methyl sites for hydroxylation is 2. The number of thiophene rings is 1. The van der Waals surface area contributed by atoms with E-state index in [0.29, 0.717) is 29.0 Å². The van der Waals surface area contributed by atoms with Gasteiger partial charge in [0.05, 0.1) is 12.1 Å². The third-order valence-electron chi connectivity index (χ3n) is 5.10. The van der Waals surface area contributed by atoms with E-state index < -0.39 is 0 Å². The molecule has 0 unspecified atom stereocenters. The highest BCUT2D eigenvalue weighted by Gasteiger charge is 2.18. The lowest BCUT2D eigenvalue weighted by Gasteiger charge is -2.08. The number of nitrogens with zero attached hydrogens (tertiary/aromatic N) is 4. The SMILES string of the molecule is O=c1c2sccc2n2c(=O)n(Cc3ccc(F)cc3)nc2n1CCc1ccccc1. The molecule has 150 valence electrons. The monoisotopic (exact) mass is 420 g/mol. The molecule has 5 rings (SSSR count). The summed E-state index contributed by atoms with van der Waals surface area (Å²) in [5.74, 6) is -0.0234. The fourth-order valence-electron chi connectivity index (χ4n) is 3.59. The summed E-state index contributed by atoms with van der Waals surface area (Å²) in [6, 6.07) is 17.6. The van der Waals surface area contributed by atoms with E-state index in [-0.39, 0.29) is 23.6 Å². The largest absolute Gasteiger partial charge is 0.352 e. The number of halogens is 1. The minimum absolute atomic E-state index is 0.151. The second-order valence-electron chi connectivity index (χ2n) is 7.03. The molecular weight excluding hydrogens is 403 g/mol. The van der Waals surface area contributed by atoms with Gasteiger partial charge in [0.25, 0.3) is 5.56 Å². The van der Waals surface area contributed by atoms with Crippen LogP contribution in [0.3, 0.4) is 0 Å². The van der Waals surface area contributed by atoms with Crippen LogP contribution in [-0.4, -0.2) is 18.7 Å². The lowest BCUT2D eigenvalue weighted by atomic mass is 10.1. The second kappa shape index (κ2) is 7.38. The quantitative estimate of drug-likeness (QED) is 0.438. The molecule has 8 heteroatoms. The Morgan fingerprint density at radius 1 is 0.933 bits per heavy atom. The Labute approximate surface area is 174 Å². The molecule has 0 aliphatic carbocycles. The van der Waals surface area contributed by atoms with Crippen molar-refractivity contribution in [1.82, 2.24) is 18.7 Å². The zero-order valence-electron chi connectivity index (χ0n) is 15.9. The fraction of sp³-hybridized carbons (Fsp3) is 0.136. The van der Waals surface area contributed by atoms with Gasteiger partial charge >= 0.3 is 5.69 Å². The van der Waals surface area contributed by atoms with E-state index in [4.69, 9.17) is 0 Å². The first-order chi connectivity index (χ1) is 14.6. The van der Waals surface area contributed by atoms with Gasteiger partial charge in [0.1, 0.15) is 10.5 Å². The van der Waals surface area contributed by atoms with Gasteiger partial charge in [0.2, 0.25) is 5.78 Å². The van der Waals surface area contributed by atoms with Gasteiger partial charge in [0, 0.05) is 6.54 Å². The van der Waals surface area contributed by atoms with Gasteiger partial charge in [0.15, 0.2) is 0 Å². The standard InChI is InChI=1S/C22H17FN4O2S/c23-17-8-6-16(7-9-17)14-26-22(29)27-18-11-13-30-19(18)20(28)25(21(27)24-26)12-10-15-4-2-1-3-5-15/h1-9,11,13H,10,12,14H2. The van der Waals surface area contributed by atoms with Gasteiger partial charge in [-0.1, -0.05) is 42.5 Å². The first-order valence-electron chi connectivity index (χ1n) is 9.50. The van der Waals surface area contributed by atoms with Crippen LogP contribution in [0.5, 0.6) is 0 Å². The molecule has 0 N–H and O–H groups in total. The van der Waals surface area contributed by atoms with Crippen molar-refractivity contribution in [3.8, 4) is 0 Å². The molecule has 0 amide bonds. The van der Waals surface area contributed by atoms with Gasteiger partial charge in [-0.2, -0.15) is 0 Å². The van der Waals surface area contributed by atoms with E-state index in [0.717, 1.165) is 11.1 Å². The smallest absolute Gasteiger partial charge is 0.275 e. The molecule has 0 bridgehead atoms. The summed E-state index contributed by atoms with van der Waals surface area (Å²) in [7, 11) is 0. The highest BCUT2D eigenvalue weighted by Crippen LogP contribution is 2.18. The van der Waals surface area contributed by atoms with Crippen LogP contribution in [0.4, 0.5) is 4.39 Å². The van der Waals surface area contributed by atoms with Crippen molar-refractivity contribution in [2.24, 2.45) is 0 Å². The zero-order valence-corrected chi connectivity index (χ0v) is 16.7. The van der Waals surface area contributed by atoms with Crippen LogP contribution in [0.15, 0.2) is 75.6 Å². The van der Waals surface area contributed by atoms with Crippen molar-refractivity contribution >= 4 is 27.3 Å². The number of rotatable bonds is 5. The van der Waals surface area contributed by atoms with Crippen molar-refractivity contribution in [1.29, 1.82) is 0 Å². The molecule has 0 aliphatic rings. The maximum Gasteiger partial charge on any atom is 0.352 e. The first kappa shape index (κ1) is 18.5. The normalized spacial score (nSPS) is 11.5. The van der Waals surface area contributed by atoms with Crippen LogP contribution in [0.25, 0.3) is 16.0 Å². The predicted octanol–water partition coefficient (Wildman–Crippen LogP) is 3.30. The Morgan fingerprint density at radius 2 is 1.70 bits per heavy atom. The Kier molecular flexibility index (Phi) is 4.55. The summed E-state index contributed by atoms with van der Waals surface area (Å²) in [6.07, 6.45) is 0.645. The molecular formula is C22H17FN4O2S. The fourth-order valence-corrected chi connectivity index (χ4v) is 4.41. The Bertz CT molecular complexity index is 1460. The maximum atomic E-state index is 13.2. The molecule has 2 aromatic carbocycles. The summed E-state index contributed by atoms with van der Waals surface area (Å²) >= 11 is 1.32. The molecule has 0 spiro atoms. The van der Waals surface area contributed by atoms with E-state index in [2.05, 4.69) is 5.10 Å². The zero-order chi connectivity index (χ0) is 20.7. The Hall–Kier alpha value is -3.52. The highest BCUT2D eigenvalue weighted by molar-refractivity contribution is 7.17. The van der Waals surface area contributed by atoms with Crippen LogP contribution in [0.1, 0.15) is 11.1 Å². The van der Waals surface area contributed by atoms with E-state index in [1.165, 1.54) is 32.6 Å². The molecule has 5 aromatic rings. The molecule has 3 aromatic heterocycles. The van der Waals surface area contributed by atoms with E-state index >= 15 is 0 Å². The van der Waals surface area contributed by atoms with Crippen molar-refractivity contribution in [3.05, 3.63) is 104 Å². The summed E-state index contributed by atoms with van der Waals surface area (Å²) < 4.78 is 18.1. The van der Waals surface area contributed by atoms with Crippen molar-refractivity contribution < 1.29 is 4.39 Å². The molecule has 0 atom stereocenters. The van der Waals surface area contributed by atoms with Crippen LogP contribution in [-0.2, 0) is 19.5 Å². The molecule has 3 heterocycles. The third kappa shape index (κ3) is 3.15. The van der Waals surface area contributed by atoms with Crippen LogP contribution >= 0.6 is 11.3 Å². The molecule has 0 radical (unpaired) electrons. The Balaban J connectivity index is 1.64. The summed E-state index contributed by atoms with van der Waals surface area (Å²) in [6.45, 7) is 0.604. The van der Waals surface area contributed by atoms with Crippen LogP contribution in [0.2, 0.25) is 0 Å². The molecule has 0 fully saturated rings. The lowest BCUT2D eigenvalue weighted by molar-refractivity contribution is 0.621. The average molecular weight is 420 g/mol. The van der Waals surface area contributed by atoms with Gasteiger partial charge in [-0.3, -0.25) is 9.36 Å². The van der Waals surface area contributed by atoms with Gasteiger partial charge in [-0.05, 0) is 41.1 Å². The topological polar surface area (TPSA) is 61.3 Å². The molecule has 30 heavy (non-hydrogen) atoms. The highest BCUT2D eigenvalue weighted by atomic mass is 32.1. The summed E-state index contributed by atoms with van der Waals surface area (Å²) in [5, 5.41) is 6.28. The van der Waals surface area contributed by atoms with Gasteiger partial charge in [-0.15, -0.1) is 16.4 Å². The van der Waals surface area contributed by atoms with E-state index in [9.17, 15) is 14.0 Å². The summed E-state index contributed by atoms with van der Waals surface area (Å²) in [4.78, 5) is 26.2. The van der Waals surface area contributed by atoms with Gasteiger partial charge < -0.3 is 0 Å². The first-order valence-corrected chi connectivity index (χ1v) is 10.4. The number of benzene rings is 2. The molecule has 0 saturated carbocycles. The third-order valence-corrected chi connectivity index (χ3v) is 5.99. The minimum Gasteiger partial charge on any atom is -0.275 e. The lowest BCUT2D eigenvalue weighted by Crippen LogP contribution is -2.26. The molecule has 0 aliphatic heterocycles. The van der Waals surface area contributed by atoms with Gasteiger partial charge in [-0.25, -0.2) is 18.3 Å². The molecule has 6 nitrogen and oxygen atoms in total. The number of aromatic nitrogens is 4. The average Bonchev–Trinajstić information content (AvgIpc) is 3.36.